The Morgan fingerprint density at radius 2 is 1.93 bits per heavy atom. The third kappa shape index (κ3) is 4.95. The van der Waals surface area contributed by atoms with Gasteiger partial charge in [-0.25, -0.2) is 0 Å². The van der Waals surface area contributed by atoms with E-state index >= 15 is 0 Å². The van der Waals surface area contributed by atoms with Gasteiger partial charge in [-0.05, 0) is 43.0 Å². The Hall–Kier alpha value is -1.85. The Morgan fingerprint density at radius 3 is 2.50 bits per heavy atom. The van der Waals surface area contributed by atoms with E-state index in [1.165, 1.54) is 0 Å². The standard InChI is InChI=1S/C17H19F3O7S/c1-16(17(18,19)20,9-28(22,23)24)27-15(21)12-4-10-2-3-13(6-11(10)5-12)25-7-14-8-26-14/h2-3,6,12,14H,4-5,7-9H2,1H3,(H,22,23,24). The van der Waals surface area contributed by atoms with Gasteiger partial charge in [0.15, 0.2) is 0 Å². The quantitative estimate of drug-likeness (QED) is 0.405. The van der Waals surface area contributed by atoms with Crippen molar-refractivity contribution in [2.24, 2.45) is 5.92 Å². The summed E-state index contributed by atoms with van der Waals surface area (Å²) in [5, 5.41) is 0. The van der Waals surface area contributed by atoms with Crippen LogP contribution >= 0.6 is 0 Å². The lowest BCUT2D eigenvalue weighted by atomic mass is 10.1. The number of rotatable bonds is 7. The molecule has 7 nitrogen and oxygen atoms in total. The summed E-state index contributed by atoms with van der Waals surface area (Å²) in [6.45, 7) is 1.46. The van der Waals surface area contributed by atoms with E-state index < -0.39 is 39.5 Å². The van der Waals surface area contributed by atoms with Crippen LogP contribution in [-0.4, -0.2) is 55.8 Å². The Kier molecular flexibility index (Phi) is 5.36. The lowest BCUT2D eigenvalue weighted by Crippen LogP contribution is -2.52. The van der Waals surface area contributed by atoms with Crippen LogP contribution in [0.15, 0.2) is 18.2 Å². The molecule has 1 aliphatic carbocycles. The number of carbonyl (C=O) groups excluding carboxylic acids is 1. The zero-order valence-electron chi connectivity index (χ0n) is 14.9. The van der Waals surface area contributed by atoms with Gasteiger partial charge in [-0.1, -0.05) is 6.07 Å². The van der Waals surface area contributed by atoms with Crippen LogP contribution in [0.4, 0.5) is 13.2 Å². The molecule has 1 aromatic rings. The monoisotopic (exact) mass is 424 g/mol. The average Bonchev–Trinajstić information content (AvgIpc) is 3.26. The van der Waals surface area contributed by atoms with Crippen LogP contribution in [-0.2, 0) is 37.2 Å². The molecule has 1 saturated heterocycles. The maximum absolute atomic E-state index is 13.3. The third-order valence-corrected chi connectivity index (χ3v) is 5.58. The molecule has 28 heavy (non-hydrogen) atoms. The van der Waals surface area contributed by atoms with E-state index in [1.54, 1.807) is 18.2 Å². The van der Waals surface area contributed by atoms with Crippen molar-refractivity contribution >= 4 is 16.1 Å². The number of fused-ring (bicyclic) bond motifs is 1. The number of halogens is 3. The summed E-state index contributed by atoms with van der Waals surface area (Å²) in [6.07, 6.45) is -4.79. The molecular weight excluding hydrogens is 405 g/mol. The van der Waals surface area contributed by atoms with E-state index in [1.807, 2.05) is 0 Å². The molecule has 0 aromatic heterocycles. The minimum absolute atomic E-state index is 0.0684. The molecule has 1 aromatic carbocycles. The van der Waals surface area contributed by atoms with Crippen LogP contribution in [0.3, 0.4) is 0 Å². The van der Waals surface area contributed by atoms with Crippen LogP contribution in [0, 0.1) is 5.92 Å². The molecule has 2 aliphatic rings. The van der Waals surface area contributed by atoms with Gasteiger partial charge < -0.3 is 14.2 Å². The van der Waals surface area contributed by atoms with E-state index in [-0.39, 0.29) is 18.9 Å². The minimum atomic E-state index is -5.17. The summed E-state index contributed by atoms with van der Waals surface area (Å²) in [5.41, 5.74) is -1.81. The largest absolute Gasteiger partial charge is 0.491 e. The molecule has 0 spiro atoms. The number of hydrogen-bond donors (Lipinski definition) is 1. The molecular formula is C17H19F3O7S. The molecule has 1 heterocycles. The second-order valence-corrected chi connectivity index (χ2v) is 8.63. The molecule has 1 aliphatic heterocycles. The summed E-state index contributed by atoms with van der Waals surface area (Å²) < 4.78 is 85.7. The highest BCUT2D eigenvalue weighted by molar-refractivity contribution is 7.85. The molecule has 3 unspecified atom stereocenters. The molecule has 0 radical (unpaired) electrons. The fourth-order valence-electron chi connectivity index (χ4n) is 3.03. The first kappa shape index (κ1) is 20.9. The van der Waals surface area contributed by atoms with Crippen molar-refractivity contribution in [3.05, 3.63) is 29.3 Å². The van der Waals surface area contributed by atoms with Crippen molar-refractivity contribution in [1.82, 2.24) is 0 Å². The number of esters is 1. The van der Waals surface area contributed by atoms with Crippen molar-refractivity contribution in [3.8, 4) is 5.75 Å². The highest BCUT2D eigenvalue weighted by Crippen LogP contribution is 2.37. The van der Waals surface area contributed by atoms with E-state index in [4.69, 9.17) is 14.0 Å². The molecule has 3 atom stereocenters. The molecule has 1 fully saturated rings. The smallest absolute Gasteiger partial charge is 0.429 e. The third-order valence-electron chi connectivity index (χ3n) is 4.67. The van der Waals surface area contributed by atoms with Crippen LogP contribution < -0.4 is 4.74 Å². The second kappa shape index (κ2) is 7.20. The lowest BCUT2D eigenvalue weighted by molar-refractivity contribution is -0.257. The van der Waals surface area contributed by atoms with Gasteiger partial charge in [-0.15, -0.1) is 0 Å². The topological polar surface area (TPSA) is 102 Å². The first-order valence-electron chi connectivity index (χ1n) is 8.47. The number of hydrogen-bond acceptors (Lipinski definition) is 6. The summed E-state index contributed by atoms with van der Waals surface area (Å²) >= 11 is 0. The van der Waals surface area contributed by atoms with Crippen molar-refractivity contribution in [2.75, 3.05) is 19.0 Å². The fourth-order valence-corrected chi connectivity index (χ4v) is 3.95. The van der Waals surface area contributed by atoms with Crippen LogP contribution in [0.25, 0.3) is 0 Å². The maximum Gasteiger partial charge on any atom is 0.429 e. The average molecular weight is 424 g/mol. The fraction of sp³-hybridized carbons (Fsp3) is 0.588. The first-order valence-corrected chi connectivity index (χ1v) is 10.1. The summed E-state index contributed by atoms with van der Waals surface area (Å²) in [5.74, 6) is -3.26. The maximum atomic E-state index is 13.3. The molecule has 3 rings (SSSR count). The Balaban J connectivity index is 1.68. The van der Waals surface area contributed by atoms with Crippen molar-refractivity contribution in [2.45, 2.75) is 37.6 Å². The SMILES string of the molecule is CC(CS(=O)(=O)O)(OC(=O)C1Cc2ccc(OCC3CO3)cc2C1)C(F)(F)F. The summed E-state index contributed by atoms with van der Waals surface area (Å²) in [6, 6.07) is 5.14. The van der Waals surface area contributed by atoms with Gasteiger partial charge in [-0.3, -0.25) is 9.35 Å². The van der Waals surface area contributed by atoms with Gasteiger partial charge in [0.2, 0.25) is 5.60 Å². The predicted molar refractivity (Wildman–Crippen MR) is 89.5 cm³/mol. The molecule has 11 heteroatoms. The van der Waals surface area contributed by atoms with E-state index in [0.717, 1.165) is 11.1 Å². The van der Waals surface area contributed by atoms with E-state index in [2.05, 4.69) is 4.74 Å². The number of epoxide rings is 1. The number of benzene rings is 1. The molecule has 0 amide bonds. The summed E-state index contributed by atoms with van der Waals surface area (Å²) in [7, 11) is -5.03. The molecule has 0 bridgehead atoms. The zero-order valence-corrected chi connectivity index (χ0v) is 15.7. The first-order chi connectivity index (χ1) is 12.9. The van der Waals surface area contributed by atoms with Gasteiger partial charge in [0, 0.05) is 0 Å². The van der Waals surface area contributed by atoms with Gasteiger partial charge in [0.1, 0.15) is 24.2 Å². The number of ether oxygens (including phenoxy) is 3. The number of alkyl halides is 3. The highest BCUT2D eigenvalue weighted by atomic mass is 32.2. The molecule has 1 N–H and O–H groups in total. The van der Waals surface area contributed by atoms with E-state index in [0.29, 0.717) is 25.9 Å². The van der Waals surface area contributed by atoms with Crippen molar-refractivity contribution < 1.29 is 45.1 Å². The second-order valence-electron chi connectivity index (χ2n) is 7.18. The normalized spacial score (nSPS) is 23.6. The van der Waals surface area contributed by atoms with Crippen LogP contribution in [0.2, 0.25) is 0 Å². The molecule has 0 saturated carbocycles. The Bertz CT molecular complexity index is 864. The van der Waals surface area contributed by atoms with Crippen molar-refractivity contribution in [3.63, 3.8) is 0 Å². The Labute approximate surface area is 159 Å². The van der Waals surface area contributed by atoms with Crippen LogP contribution in [0.1, 0.15) is 18.1 Å². The minimum Gasteiger partial charge on any atom is -0.491 e. The van der Waals surface area contributed by atoms with Gasteiger partial charge in [0.05, 0.1) is 12.5 Å². The van der Waals surface area contributed by atoms with Gasteiger partial charge in [-0.2, -0.15) is 21.6 Å². The van der Waals surface area contributed by atoms with E-state index in [9.17, 15) is 26.4 Å². The number of carbonyl (C=O) groups is 1. The van der Waals surface area contributed by atoms with Crippen molar-refractivity contribution in [1.29, 1.82) is 0 Å². The van der Waals surface area contributed by atoms with Crippen LogP contribution in [0.5, 0.6) is 5.75 Å². The zero-order chi connectivity index (χ0) is 20.7. The lowest BCUT2D eigenvalue weighted by Gasteiger charge is -2.31. The molecule has 156 valence electrons. The van der Waals surface area contributed by atoms with Gasteiger partial charge >= 0.3 is 12.1 Å². The summed E-state index contributed by atoms with van der Waals surface area (Å²) in [4.78, 5) is 12.3. The van der Waals surface area contributed by atoms with Gasteiger partial charge in [0.25, 0.3) is 10.1 Å². The highest BCUT2D eigenvalue weighted by Gasteiger charge is 2.57. The Morgan fingerprint density at radius 1 is 1.29 bits per heavy atom. The predicted octanol–water partition coefficient (Wildman–Crippen LogP) is 1.93.